The molecule has 0 aromatic rings. The van der Waals surface area contributed by atoms with Crippen molar-refractivity contribution in [2.24, 2.45) is 0 Å². The molecule has 0 bridgehead atoms. The molecule has 370 valence electrons. The fourth-order valence-electron chi connectivity index (χ4n) is 7.69. The lowest BCUT2D eigenvalue weighted by atomic mass is 10.0. The van der Waals surface area contributed by atoms with Gasteiger partial charge in [-0.25, -0.2) is 4.57 Å². The fraction of sp³-hybridized carbons (Fsp3) is 0.833. The SMILES string of the molecule is CC/C=C\C/C=C\C/C=C\C/C=C\CCCCC(=O)NC(COP(=O)(O)OCC[N+](C)(C)C)C(O)CCCCCCCCCCCCCCCCCCCCCCCCCCCC. The van der Waals surface area contributed by atoms with Gasteiger partial charge in [0, 0.05) is 6.42 Å². The zero-order chi connectivity index (χ0) is 46.4. The predicted molar refractivity (Wildman–Crippen MR) is 272 cm³/mol. The Kier molecular flexibility index (Phi) is 44.5. The van der Waals surface area contributed by atoms with E-state index in [2.05, 4.69) is 67.8 Å². The van der Waals surface area contributed by atoms with Crippen LogP contribution in [-0.2, 0) is 18.4 Å². The van der Waals surface area contributed by atoms with Crippen LogP contribution in [0.25, 0.3) is 0 Å². The van der Waals surface area contributed by atoms with Gasteiger partial charge < -0.3 is 19.8 Å². The van der Waals surface area contributed by atoms with E-state index in [1.807, 2.05) is 21.1 Å². The van der Waals surface area contributed by atoms with Gasteiger partial charge in [-0.15, -0.1) is 0 Å². The highest BCUT2D eigenvalue weighted by atomic mass is 31.2. The maximum absolute atomic E-state index is 12.9. The van der Waals surface area contributed by atoms with Crippen molar-refractivity contribution in [3.05, 3.63) is 48.6 Å². The first kappa shape index (κ1) is 61.5. The fourth-order valence-corrected chi connectivity index (χ4v) is 8.42. The Morgan fingerprint density at radius 1 is 0.556 bits per heavy atom. The van der Waals surface area contributed by atoms with Crippen LogP contribution in [0.15, 0.2) is 48.6 Å². The number of unbranched alkanes of at least 4 members (excludes halogenated alkanes) is 27. The van der Waals surface area contributed by atoms with Crippen molar-refractivity contribution < 1.29 is 32.9 Å². The quantitative estimate of drug-likeness (QED) is 0.0243. The first-order chi connectivity index (χ1) is 30.5. The van der Waals surface area contributed by atoms with Crippen LogP contribution in [0.5, 0.6) is 0 Å². The molecule has 0 rings (SSSR count). The van der Waals surface area contributed by atoms with Crippen molar-refractivity contribution in [2.75, 3.05) is 40.9 Å². The monoisotopic (exact) mass is 908 g/mol. The van der Waals surface area contributed by atoms with Crippen molar-refractivity contribution in [1.29, 1.82) is 0 Å². The number of phosphoric acid groups is 1. The summed E-state index contributed by atoms with van der Waals surface area (Å²) in [6.07, 6.45) is 58.9. The van der Waals surface area contributed by atoms with E-state index in [0.717, 1.165) is 64.2 Å². The summed E-state index contributed by atoms with van der Waals surface area (Å²) >= 11 is 0. The summed E-state index contributed by atoms with van der Waals surface area (Å²) in [7, 11) is 1.59. The second-order valence-electron chi connectivity index (χ2n) is 19.2. The van der Waals surface area contributed by atoms with E-state index in [-0.39, 0.29) is 19.1 Å². The first-order valence-corrected chi connectivity index (χ1v) is 28.0. The largest absolute Gasteiger partial charge is 0.472 e. The van der Waals surface area contributed by atoms with E-state index in [0.29, 0.717) is 23.9 Å². The van der Waals surface area contributed by atoms with E-state index < -0.39 is 20.0 Å². The van der Waals surface area contributed by atoms with Crippen molar-refractivity contribution in [1.82, 2.24) is 5.32 Å². The topological polar surface area (TPSA) is 105 Å². The van der Waals surface area contributed by atoms with E-state index >= 15 is 0 Å². The number of rotatable bonds is 48. The lowest BCUT2D eigenvalue weighted by Gasteiger charge is -2.26. The van der Waals surface area contributed by atoms with Crippen molar-refractivity contribution in [3.63, 3.8) is 0 Å². The number of aliphatic hydroxyl groups is 1. The minimum atomic E-state index is -4.33. The van der Waals surface area contributed by atoms with Crippen LogP contribution >= 0.6 is 7.82 Å². The van der Waals surface area contributed by atoms with E-state index in [1.165, 1.54) is 148 Å². The summed E-state index contributed by atoms with van der Waals surface area (Å²) in [5.41, 5.74) is 0. The molecule has 0 spiro atoms. The number of carbonyl (C=O) groups excluding carboxylic acids is 1. The molecule has 0 aromatic heterocycles. The van der Waals surface area contributed by atoms with Gasteiger partial charge in [-0.05, 0) is 51.4 Å². The number of likely N-dealkylation sites (N-methyl/N-ethyl adjacent to an activating group) is 1. The van der Waals surface area contributed by atoms with Gasteiger partial charge in [-0.1, -0.05) is 229 Å². The highest BCUT2D eigenvalue weighted by Crippen LogP contribution is 2.43. The number of allylic oxidation sites excluding steroid dienone is 8. The van der Waals surface area contributed by atoms with Gasteiger partial charge in [0.1, 0.15) is 13.2 Å². The molecule has 3 unspecified atom stereocenters. The van der Waals surface area contributed by atoms with Crippen molar-refractivity contribution in [3.8, 4) is 0 Å². The molecule has 1 amide bonds. The Bertz CT molecular complexity index is 1170. The third kappa shape index (κ3) is 48.2. The molecule has 3 N–H and O–H groups in total. The number of hydrogen-bond acceptors (Lipinski definition) is 5. The van der Waals surface area contributed by atoms with E-state index in [9.17, 15) is 19.4 Å². The summed E-state index contributed by atoms with van der Waals surface area (Å²) in [6.45, 7) is 4.75. The van der Waals surface area contributed by atoms with Gasteiger partial charge in [0.05, 0.1) is 39.9 Å². The van der Waals surface area contributed by atoms with Gasteiger partial charge in [-0.2, -0.15) is 0 Å². The molecule has 0 saturated carbocycles. The molecule has 3 atom stereocenters. The van der Waals surface area contributed by atoms with Crippen LogP contribution in [0, 0.1) is 0 Å². The highest BCUT2D eigenvalue weighted by molar-refractivity contribution is 7.47. The Hall–Kier alpha value is -1.54. The molecule has 8 nitrogen and oxygen atoms in total. The second-order valence-corrected chi connectivity index (χ2v) is 20.7. The molecule has 0 aliphatic rings. The van der Waals surface area contributed by atoms with Crippen LogP contribution < -0.4 is 5.32 Å². The first-order valence-electron chi connectivity index (χ1n) is 26.5. The van der Waals surface area contributed by atoms with Crippen LogP contribution in [-0.4, -0.2) is 73.4 Å². The maximum Gasteiger partial charge on any atom is 0.472 e. The minimum Gasteiger partial charge on any atom is -0.391 e. The highest BCUT2D eigenvalue weighted by Gasteiger charge is 2.28. The summed E-state index contributed by atoms with van der Waals surface area (Å²) in [6, 6.07) is -0.784. The molecule has 0 radical (unpaired) electrons. The van der Waals surface area contributed by atoms with Crippen LogP contribution in [0.2, 0.25) is 0 Å². The standard InChI is InChI=1S/C54H103N2O6P/c1-6-8-10-12-14-16-18-20-22-23-24-25-26-27-28-29-30-31-32-34-35-37-39-41-43-45-47-53(57)52(51-62-63(59,60)61-50-49-56(3,4)5)55-54(58)48-46-44-42-40-38-36-33-21-19-17-15-13-11-9-7-2/h9,11,15,17,21,33,38,40,52-53,57H,6-8,10,12-14,16,18-20,22-32,34-37,39,41-51H2,1-5H3,(H-,55,58,59,60)/p+1/b11-9-,17-15-,33-21-,40-38-. The number of hydrogen-bond donors (Lipinski definition) is 3. The lowest BCUT2D eigenvalue weighted by molar-refractivity contribution is -0.870. The van der Waals surface area contributed by atoms with E-state index in [1.54, 1.807) is 0 Å². The molecule has 0 heterocycles. The average molecular weight is 908 g/mol. The minimum absolute atomic E-state index is 0.0652. The van der Waals surface area contributed by atoms with Gasteiger partial charge in [-0.3, -0.25) is 13.8 Å². The van der Waals surface area contributed by atoms with Crippen LogP contribution in [0.1, 0.15) is 239 Å². The van der Waals surface area contributed by atoms with Crippen molar-refractivity contribution in [2.45, 2.75) is 251 Å². The average Bonchev–Trinajstić information content (AvgIpc) is 3.24. The third-order valence-electron chi connectivity index (χ3n) is 11.8. The summed E-state index contributed by atoms with van der Waals surface area (Å²) in [4.78, 5) is 23.2. The Balaban J connectivity index is 4.20. The summed E-state index contributed by atoms with van der Waals surface area (Å²) < 4.78 is 23.7. The number of nitrogens with zero attached hydrogens (tertiary/aromatic N) is 1. The number of aliphatic hydroxyl groups excluding tert-OH is 1. The molecule has 9 heteroatoms. The molecular weight excluding hydrogens is 804 g/mol. The zero-order valence-electron chi connectivity index (χ0n) is 42.1. The Morgan fingerprint density at radius 2 is 0.952 bits per heavy atom. The summed E-state index contributed by atoms with van der Waals surface area (Å²) in [5.74, 6) is -0.184. The normalized spacial score (nSPS) is 14.5. The Morgan fingerprint density at radius 3 is 1.37 bits per heavy atom. The van der Waals surface area contributed by atoms with Crippen molar-refractivity contribution >= 4 is 13.7 Å². The molecule has 63 heavy (non-hydrogen) atoms. The molecule has 0 saturated heterocycles. The van der Waals surface area contributed by atoms with E-state index in [4.69, 9.17) is 9.05 Å². The number of carbonyl (C=O) groups is 1. The maximum atomic E-state index is 12.9. The number of nitrogens with one attached hydrogen (secondary N) is 1. The number of quaternary nitrogens is 1. The van der Waals surface area contributed by atoms with Gasteiger partial charge in [0.2, 0.25) is 5.91 Å². The molecule has 0 aromatic carbocycles. The second kappa shape index (κ2) is 45.6. The van der Waals surface area contributed by atoms with Crippen LogP contribution in [0.4, 0.5) is 0 Å². The third-order valence-corrected chi connectivity index (χ3v) is 12.8. The lowest BCUT2D eigenvalue weighted by Crippen LogP contribution is -2.46. The number of phosphoric ester groups is 1. The van der Waals surface area contributed by atoms with Crippen LogP contribution in [0.3, 0.4) is 0 Å². The van der Waals surface area contributed by atoms with Gasteiger partial charge in [0.25, 0.3) is 0 Å². The molecule has 0 fully saturated rings. The molecule has 0 aliphatic carbocycles. The zero-order valence-corrected chi connectivity index (χ0v) is 43.0. The Labute approximate surface area is 390 Å². The summed E-state index contributed by atoms with van der Waals surface area (Å²) in [5, 5.41) is 14.0. The van der Waals surface area contributed by atoms with Gasteiger partial charge >= 0.3 is 7.82 Å². The molecular formula is C54H104N2O6P+. The molecule has 0 aliphatic heterocycles. The number of amides is 1. The predicted octanol–water partition coefficient (Wildman–Crippen LogP) is 15.6. The van der Waals surface area contributed by atoms with Gasteiger partial charge in [0.15, 0.2) is 0 Å². The smallest absolute Gasteiger partial charge is 0.391 e.